The molecule has 2 radical (unpaired) electrons. The summed E-state index contributed by atoms with van der Waals surface area (Å²) in [7, 11) is 0. The molecule has 15 heteroatoms. The maximum atomic E-state index is 12.3. The van der Waals surface area contributed by atoms with E-state index in [1.165, 1.54) is 17.0 Å². The third kappa shape index (κ3) is 7.07. The smallest absolute Gasteiger partial charge is 0.326 e. The molecule has 2 unspecified atom stereocenters. The van der Waals surface area contributed by atoms with Gasteiger partial charge in [0.25, 0.3) is 11.5 Å². The zero-order chi connectivity index (χ0) is 24.8. The molecule has 14 nitrogen and oxygen atoms in total. The van der Waals surface area contributed by atoms with Gasteiger partial charge in [0.1, 0.15) is 6.04 Å². The van der Waals surface area contributed by atoms with Gasteiger partial charge in [-0.3, -0.25) is 24.2 Å². The van der Waals surface area contributed by atoms with E-state index in [1.54, 1.807) is 12.1 Å². The van der Waals surface area contributed by atoms with Crippen LogP contribution in [-0.4, -0.2) is 107 Å². The standard InChI is InChI=1S/C20H23N7O7.Ca/c21-20-25-16-15(18(32)26-20)27(9-28)12(8-23-16)7-22-11-3-1-10(2-4-11)17(31)24-13(19(33)34)5-6-14(29)30;/h1-4,9,12-13,22H,5-8H2,(H,24,31)(H,29,30)(H,33,34)(H4,21,23,25,26,32);. The van der Waals surface area contributed by atoms with E-state index in [-0.39, 0.29) is 73.7 Å². The second-order valence-corrected chi connectivity index (χ2v) is 7.45. The molecule has 1 aliphatic heterocycles. The molecule has 0 spiro atoms. The molecule has 0 saturated carbocycles. The number of aromatic nitrogens is 2. The van der Waals surface area contributed by atoms with Gasteiger partial charge in [0.05, 0.1) is 6.04 Å². The number of nitrogens with zero attached hydrogens (tertiary/aromatic N) is 2. The molecule has 2 amide bonds. The van der Waals surface area contributed by atoms with E-state index < -0.39 is 41.9 Å². The maximum Gasteiger partial charge on any atom is 0.326 e. The van der Waals surface area contributed by atoms with Crippen molar-refractivity contribution in [1.82, 2.24) is 15.3 Å². The van der Waals surface area contributed by atoms with Gasteiger partial charge in [-0.1, -0.05) is 0 Å². The molecule has 35 heavy (non-hydrogen) atoms. The van der Waals surface area contributed by atoms with Crippen molar-refractivity contribution in [3.63, 3.8) is 0 Å². The van der Waals surface area contributed by atoms with Gasteiger partial charge in [0, 0.05) is 68.5 Å². The van der Waals surface area contributed by atoms with Gasteiger partial charge >= 0.3 is 11.9 Å². The van der Waals surface area contributed by atoms with Crippen molar-refractivity contribution in [3.05, 3.63) is 40.2 Å². The van der Waals surface area contributed by atoms with Crippen LogP contribution in [-0.2, 0) is 14.4 Å². The Kier molecular flexibility index (Phi) is 9.86. The van der Waals surface area contributed by atoms with Gasteiger partial charge in [-0.15, -0.1) is 0 Å². The number of H-pyrrole nitrogens is 1. The first-order valence-electron chi connectivity index (χ1n) is 10.2. The van der Waals surface area contributed by atoms with Crippen molar-refractivity contribution in [2.45, 2.75) is 24.9 Å². The van der Waals surface area contributed by atoms with E-state index in [2.05, 4.69) is 25.9 Å². The van der Waals surface area contributed by atoms with Crippen LogP contribution < -0.4 is 32.1 Å². The van der Waals surface area contributed by atoms with Gasteiger partial charge in [-0.2, -0.15) is 4.98 Å². The van der Waals surface area contributed by atoms with Crippen LogP contribution in [0.3, 0.4) is 0 Å². The number of anilines is 4. The number of carboxylic acid groups (broad SMARTS) is 2. The number of amides is 2. The van der Waals surface area contributed by atoms with E-state index in [0.717, 1.165) is 0 Å². The number of rotatable bonds is 10. The van der Waals surface area contributed by atoms with E-state index in [0.29, 0.717) is 18.6 Å². The summed E-state index contributed by atoms with van der Waals surface area (Å²) in [6.07, 6.45) is -0.101. The fraction of sp³-hybridized carbons (Fsp3) is 0.300. The molecular weight excluding hydrogens is 490 g/mol. The van der Waals surface area contributed by atoms with E-state index in [4.69, 9.17) is 10.8 Å². The van der Waals surface area contributed by atoms with Crippen LogP contribution in [0, 0.1) is 0 Å². The summed E-state index contributed by atoms with van der Waals surface area (Å²) >= 11 is 0. The quantitative estimate of drug-likeness (QED) is 0.149. The Morgan fingerprint density at radius 2 is 1.94 bits per heavy atom. The predicted molar refractivity (Wildman–Crippen MR) is 127 cm³/mol. The van der Waals surface area contributed by atoms with Crippen LogP contribution >= 0.6 is 0 Å². The van der Waals surface area contributed by atoms with Gasteiger partial charge in [-0.05, 0) is 30.7 Å². The van der Waals surface area contributed by atoms with Crippen molar-refractivity contribution in [2.24, 2.45) is 0 Å². The number of aliphatic carboxylic acids is 2. The molecule has 8 N–H and O–H groups in total. The maximum absolute atomic E-state index is 12.3. The molecule has 2 aromatic rings. The van der Waals surface area contributed by atoms with Crippen LogP contribution in [0.25, 0.3) is 0 Å². The number of nitrogen functional groups attached to an aromatic ring is 1. The molecule has 3 rings (SSSR count). The number of nitrogens with one attached hydrogen (secondary N) is 4. The molecule has 0 saturated heterocycles. The first kappa shape index (κ1) is 27.9. The van der Waals surface area contributed by atoms with Crippen LogP contribution in [0.4, 0.5) is 23.1 Å². The number of nitrogens with two attached hydrogens (primary N) is 1. The zero-order valence-electron chi connectivity index (χ0n) is 18.5. The SMILES string of the molecule is Nc1nc2c(c(=O)[nH]1)N(C=O)C(CNc1ccc(C(=O)NC(CCC(=O)O)C(=O)O)cc1)CN2.[Ca]. The third-order valence-electron chi connectivity index (χ3n) is 5.12. The van der Waals surface area contributed by atoms with Crippen LogP contribution in [0.2, 0.25) is 0 Å². The average Bonchev–Trinajstić information content (AvgIpc) is 2.79. The van der Waals surface area contributed by atoms with Crippen molar-refractivity contribution < 1.29 is 29.4 Å². The second kappa shape index (κ2) is 12.4. The van der Waals surface area contributed by atoms with Crippen LogP contribution in [0.15, 0.2) is 29.1 Å². The molecule has 1 aliphatic rings. The van der Waals surface area contributed by atoms with Crippen LogP contribution in [0.5, 0.6) is 0 Å². The number of hydrogen-bond acceptors (Lipinski definition) is 9. The average molecular weight is 514 g/mol. The first-order valence-corrected chi connectivity index (χ1v) is 10.2. The number of aromatic amines is 1. The Morgan fingerprint density at radius 1 is 1.26 bits per heavy atom. The Hall–Kier alpha value is -3.36. The van der Waals surface area contributed by atoms with E-state index >= 15 is 0 Å². The number of carbonyl (C=O) groups is 4. The van der Waals surface area contributed by atoms with Crippen molar-refractivity contribution in [1.29, 1.82) is 0 Å². The summed E-state index contributed by atoms with van der Waals surface area (Å²) < 4.78 is 0. The Labute approximate surface area is 228 Å². The summed E-state index contributed by atoms with van der Waals surface area (Å²) in [6, 6.07) is 4.36. The molecule has 1 aromatic heterocycles. The van der Waals surface area contributed by atoms with Gasteiger partial charge in [0.2, 0.25) is 12.4 Å². The Morgan fingerprint density at radius 3 is 2.54 bits per heavy atom. The monoisotopic (exact) mass is 513 g/mol. The third-order valence-corrected chi connectivity index (χ3v) is 5.12. The molecule has 2 atom stereocenters. The second-order valence-electron chi connectivity index (χ2n) is 7.45. The van der Waals surface area contributed by atoms with Gasteiger partial charge < -0.3 is 36.8 Å². The van der Waals surface area contributed by atoms with Crippen molar-refractivity contribution in [3.8, 4) is 0 Å². The topological polar surface area (TPSA) is 220 Å². The number of benzene rings is 1. The van der Waals surface area contributed by atoms with E-state index in [9.17, 15) is 29.1 Å². The Bertz CT molecular complexity index is 1160. The zero-order valence-corrected chi connectivity index (χ0v) is 20.7. The first-order chi connectivity index (χ1) is 16.2. The van der Waals surface area contributed by atoms with Crippen molar-refractivity contribution >= 4 is 85.1 Å². The largest absolute Gasteiger partial charge is 0.481 e. The molecule has 0 fully saturated rings. The van der Waals surface area contributed by atoms with Crippen molar-refractivity contribution in [2.75, 3.05) is 34.4 Å². The molecule has 0 aliphatic carbocycles. The fourth-order valence-corrected chi connectivity index (χ4v) is 3.39. The minimum absolute atomic E-state index is 0. The molecule has 2 heterocycles. The summed E-state index contributed by atoms with van der Waals surface area (Å²) in [5.41, 5.74) is 5.84. The summed E-state index contributed by atoms with van der Waals surface area (Å²) in [6.45, 7) is 0.568. The number of carboxylic acids is 2. The normalized spacial score (nSPS) is 15.0. The number of carbonyl (C=O) groups excluding carboxylic acids is 2. The molecule has 182 valence electrons. The number of fused-ring (bicyclic) bond motifs is 1. The summed E-state index contributed by atoms with van der Waals surface area (Å²) in [5.74, 6) is -3.00. The minimum Gasteiger partial charge on any atom is -0.481 e. The minimum atomic E-state index is -1.33. The van der Waals surface area contributed by atoms with Crippen LogP contribution in [0.1, 0.15) is 23.2 Å². The molecular formula is C20H23CaN7O7. The van der Waals surface area contributed by atoms with Gasteiger partial charge in [0.15, 0.2) is 11.5 Å². The molecule has 0 bridgehead atoms. The van der Waals surface area contributed by atoms with Gasteiger partial charge in [-0.25, -0.2) is 4.79 Å². The number of hydrogen-bond donors (Lipinski definition) is 7. The Balaban J connectivity index is 0.00000432. The fourth-order valence-electron chi connectivity index (χ4n) is 3.39. The predicted octanol–water partition coefficient (Wildman–Crippen LogP) is -1.11. The molecule has 1 aromatic carbocycles. The summed E-state index contributed by atoms with van der Waals surface area (Å²) in [4.78, 5) is 65.7. The van der Waals surface area contributed by atoms with E-state index in [1.807, 2.05) is 0 Å². The summed E-state index contributed by atoms with van der Waals surface area (Å²) in [5, 5.41) is 26.3.